The average Bonchev–Trinajstić information content (AvgIpc) is 2.31. The van der Waals surface area contributed by atoms with Crippen LogP contribution in [0.3, 0.4) is 0 Å². The van der Waals surface area contributed by atoms with Gasteiger partial charge in [0.1, 0.15) is 11.6 Å². The van der Waals surface area contributed by atoms with E-state index >= 15 is 0 Å². The molecule has 1 heterocycles. The number of rotatable bonds is 2. The summed E-state index contributed by atoms with van der Waals surface area (Å²) in [7, 11) is 0. The number of benzene rings is 1. The molecule has 0 spiro atoms. The first-order chi connectivity index (χ1) is 7.68. The average molecular weight is 288 g/mol. The van der Waals surface area contributed by atoms with Gasteiger partial charge in [0.2, 0.25) is 0 Å². The Morgan fingerprint density at radius 2 is 2.31 bits per heavy atom. The van der Waals surface area contributed by atoms with E-state index in [9.17, 15) is 9.50 Å². The van der Waals surface area contributed by atoms with Crippen LogP contribution in [0.5, 0.6) is 5.75 Å². The minimum atomic E-state index is -0.241. The molecule has 1 fully saturated rings. The fourth-order valence-electron chi connectivity index (χ4n) is 2.16. The van der Waals surface area contributed by atoms with Gasteiger partial charge in [0.15, 0.2) is 0 Å². The molecule has 1 aromatic rings. The quantitative estimate of drug-likeness (QED) is 0.877. The van der Waals surface area contributed by atoms with Gasteiger partial charge in [-0.05, 0) is 66.3 Å². The van der Waals surface area contributed by atoms with Crippen molar-refractivity contribution in [1.82, 2.24) is 5.32 Å². The first-order valence-electron chi connectivity index (χ1n) is 5.55. The Labute approximate surface area is 103 Å². The molecule has 1 aliphatic heterocycles. The van der Waals surface area contributed by atoms with Crippen molar-refractivity contribution < 1.29 is 9.50 Å². The first-order valence-corrected chi connectivity index (χ1v) is 6.34. The van der Waals surface area contributed by atoms with Gasteiger partial charge in [-0.25, -0.2) is 4.39 Å². The monoisotopic (exact) mass is 287 g/mol. The smallest absolute Gasteiger partial charge is 0.130 e. The van der Waals surface area contributed by atoms with E-state index in [1.807, 2.05) is 0 Å². The number of phenolic OH excluding ortho intramolecular Hbond substituents is 1. The van der Waals surface area contributed by atoms with Crippen LogP contribution >= 0.6 is 15.9 Å². The second kappa shape index (κ2) is 5.15. The molecule has 1 unspecified atom stereocenters. The third kappa shape index (κ3) is 2.55. The van der Waals surface area contributed by atoms with Gasteiger partial charge in [-0.2, -0.15) is 0 Å². The van der Waals surface area contributed by atoms with Crippen molar-refractivity contribution in [2.75, 3.05) is 13.1 Å². The predicted molar refractivity (Wildman–Crippen MR) is 65.1 cm³/mol. The fourth-order valence-corrected chi connectivity index (χ4v) is 2.64. The molecule has 16 heavy (non-hydrogen) atoms. The van der Waals surface area contributed by atoms with Crippen LogP contribution in [0, 0.1) is 11.7 Å². The van der Waals surface area contributed by atoms with Crippen molar-refractivity contribution >= 4 is 15.9 Å². The second-order valence-corrected chi connectivity index (χ2v) is 5.07. The van der Waals surface area contributed by atoms with Crippen LogP contribution in [0.2, 0.25) is 0 Å². The zero-order chi connectivity index (χ0) is 11.5. The number of hydrogen-bond acceptors (Lipinski definition) is 2. The number of nitrogens with one attached hydrogen (secondary N) is 1. The van der Waals surface area contributed by atoms with E-state index in [4.69, 9.17) is 0 Å². The van der Waals surface area contributed by atoms with Gasteiger partial charge in [0.25, 0.3) is 0 Å². The highest BCUT2D eigenvalue weighted by Crippen LogP contribution is 2.32. The molecule has 2 N–H and O–H groups in total. The number of piperidine rings is 1. The molecular weight excluding hydrogens is 273 g/mol. The molecule has 1 aliphatic rings. The van der Waals surface area contributed by atoms with Crippen molar-refractivity contribution in [2.45, 2.75) is 19.3 Å². The molecule has 2 nitrogen and oxygen atoms in total. The zero-order valence-corrected chi connectivity index (χ0v) is 10.6. The molecule has 0 radical (unpaired) electrons. The van der Waals surface area contributed by atoms with Gasteiger partial charge >= 0.3 is 0 Å². The van der Waals surface area contributed by atoms with Crippen LogP contribution in [-0.4, -0.2) is 18.2 Å². The molecule has 0 bridgehead atoms. The highest BCUT2D eigenvalue weighted by Gasteiger charge is 2.18. The van der Waals surface area contributed by atoms with E-state index in [-0.39, 0.29) is 11.6 Å². The van der Waals surface area contributed by atoms with E-state index in [0.29, 0.717) is 22.4 Å². The van der Waals surface area contributed by atoms with Crippen LogP contribution < -0.4 is 5.32 Å². The van der Waals surface area contributed by atoms with Gasteiger partial charge < -0.3 is 10.4 Å². The maximum atomic E-state index is 13.6. The summed E-state index contributed by atoms with van der Waals surface area (Å²) in [5, 5.41) is 12.8. The number of aromatic hydroxyl groups is 1. The maximum Gasteiger partial charge on any atom is 0.130 e. The van der Waals surface area contributed by atoms with Crippen molar-refractivity contribution in [3.63, 3.8) is 0 Å². The topological polar surface area (TPSA) is 32.3 Å². The molecule has 2 rings (SSSR count). The van der Waals surface area contributed by atoms with Crippen LogP contribution in [-0.2, 0) is 6.42 Å². The molecule has 0 saturated carbocycles. The largest absolute Gasteiger partial charge is 0.507 e. The highest BCUT2D eigenvalue weighted by atomic mass is 79.9. The van der Waals surface area contributed by atoms with Crippen molar-refractivity contribution in [2.24, 2.45) is 5.92 Å². The Kier molecular flexibility index (Phi) is 3.82. The number of hydrogen-bond donors (Lipinski definition) is 2. The van der Waals surface area contributed by atoms with Gasteiger partial charge in [-0.1, -0.05) is 0 Å². The highest BCUT2D eigenvalue weighted by molar-refractivity contribution is 9.10. The van der Waals surface area contributed by atoms with Crippen LogP contribution in [0.25, 0.3) is 0 Å². The van der Waals surface area contributed by atoms with Gasteiger partial charge in [0, 0.05) is 5.56 Å². The number of halogens is 2. The maximum absolute atomic E-state index is 13.6. The summed E-state index contributed by atoms with van der Waals surface area (Å²) in [5.41, 5.74) is 0.591. The van der Waals surface area contributed by atoms with Crippen LogP contribution in [0.4, 0.5) is 4.39 Å². The summed E-state index contributed by atoms with van der Waals surface area (Å²) in [6.07, 6.45) is 2.94. The fraction of sp³-hybridized carbons (Fsp3) is 0.500. The van der Waals surface area contributed by atoms with E-state index < -0.39 is 0 Å². The molecule has 88 valence electrons. The first kappa shape index (κ1) is 11.9. The summed E-state index contributed by atoms with van der Waals surface area (Å²) < 4.78 is 14.1. The molecule has 1 saturated heterocycles. The van der Waals surface area contributed by atoms with Crippen molar-refractivity contribution in [1.29, 1.82) is 0 Å². The Hall–Kier alpha value is -0.610. The zero-order valence-electron chi connectivity index (χ0n) is 8.97. The lowest BCUT2D eigenvalue weighted by molar-refractivity contribution is 0.370. The minimum Gasteiger partial charge on any atom is -0.507 e. The van der Waals surface area contributed by atoms with Crippen LogP contribution in [0.15, 0.2) is 16.6 Å². The van der Waals surface area contributed by atoms with Gasteiger partial charge in [-0.15, -0.1) is 0 Å². The third-order valence-electron chi connectivity index (χ3n) is 3.06. The minimum absolute atomic E-state index is 0.111. The van der Waals surface area contributed by atoms with E-state index in [1.165, 1.54) is 12.1 Å². The molecule has 0 aliphatic carbocycles. The lowest BCUT2D eigenvalue weighted by Gasteiger charge is -2.23. The third-order valence-corrected chi connectivity index (χ3v) is 3.94. The van der Waals surface area contributed by atoms with Crippen molar-refractivity contribution in [3.8, 4) is 5.75 Å². The Balaban J connectivity index is 2.16. The summed E-state index contributed by atoms with van der Waals surface area (Å²) in [6.45, 7) is 1.99. The molecule has 0 amide bonds. The van der Waals surface area contributed by atoms with Crippen LogP contribution in [0.1, 0.15) is 18.4 Å². The molecule has 4 heteroatoms. The SMILES string of the molecule is Oc1ccc(F)c(CC2CCCNC2)c1Br. The van der Waals surface area contributed by atoms with E-state index in [1.54, 1.807) is 0 Å². The Morgan fingerprint density at radius 3 is 3.00 bits per heavy atom. The lowest BCUT2D eigenvalue weighted by Crippen LogP contribution is -2.31. The molecule has 0 aromatic heterocycles. The summed E-state index contributed by atoms with van der Waals surface area (Å²) in [4.78, 5) is 0. The van der Waals surface area contributed by atoms with E-state index in [0.717, 1.165) is 25.9 Å². The predicted octanol–water partition coefficient (Wildman–Crippen LogP) is 2.84. The van der Waals surface area contributed by atoms with E-state index in [2.05, 4.69) is 21.2 Å². The Bertz CT molecular complexity index is 378. The lowest BCUT2D eigenvalue weighted by atomic mass is 9.92. The molecular formula is C12H15BrFNO. The molecule has 1 atom stereocenters. The standard InChI is InChI=1S/C12H15BrFNO/c13-12-9(10(14)3-4-11(12)16)6-8-2-1-5-15-7-8/h3-4,8,15-16H,1-2,5-7H2. The summed E-state index contributed by atoms with van der Waals surface area (Å²) >= 11 is 3.25. The number of phenols is 1. The Morgan fingerprint density at radius 1 is 1.50 bits per heavy atom. The molecule has 1 aromatic carbocycles. The normalized spacial score (nSPS) is 21.0. The van der Waals surface area contributed by atoms with Gasteiger partial charge in [-0.3, -0.25) is 0 Å². The summed E-state index contributed by atoms with van der Waals surface area (Å²) in [6, 6.07) is 2.70. The van der Waals surface area contributed by atoms with Crippen molar-refractivity contribution in [3.05, 3.63) is 28.0 Å². The van der Waals surface area contributed by atoms with Gasteiger partial charge in [0.05, 0.1) is 4.47 Å². The second-order valence-electron chi connectivity index (χ2n) is 4.28. The summed E-state index contributed by atoms with van der Waals surface area (Å²) in [5.74, 6) is 0.330.